The van der Waals surface area contributed by atoms with Crippen molar-refractivity contribution in [2.75, 3.05) is 13.1 Å². The highest BCUT2D eigenvalue weighted by Crippen LogP contribution is 1.91. The molecule has 1 unspecified atom stereocenters. The molecule has 1 amide bonds. The van der Waals surface area contributed by atoms with E-state index in [2.05, 4.69) is 10.6 Å². The highest BCUT2D eigenvalue weighted by molar-refractivity contribution is 5.76. The van der Waals surface area contributed by atoms with E-state index in [-0.39, 0.29) is 18.4 Å². The molecule has 16 heavy (non-hydrogen) atoms. The topological polar surface area (TPSA) is 78.4 Å². The lowest BCUT2D eigenvalue weighted by atomic mass is 10.2. The minimum absolute atomic E-state index is 0.00345. The molecule has 0 bridgehead atoms. The first-order valence-electron chi connectivity index (χ1n) is 5.63. The molecule has 1 atom stereocenters. The van der Waals surface area contributed by atoms with Gasteiger partial charge in [0.2, 0.25) is 5.91 Å². The molecule has 3 N–H and O–H groups in total. The van der Waals surface area contributed by atoms with Crippen LogP contribution in [0.15, 0.2) is 0 Å². The number of rotatable bonds is 8. The molecule has 0 radical (unpaired) electrons. The van der Waals surface area contributed by atoms with Crippen LogP contribution in [0.2, 0.25) is 0 Å². The molecule has 0 saturated heterocycles. The van der Waals surface area contributed by atoms with Gasteiger partial charge in [0, 0.05) is 25.6 Å². The molecule has 0 aromatic heterocycles. The van der Waals surface area contributed by atoms with Gasteiger partial charge in [0.05, 0.1) is 6.42 Å². The summed E-state index contributed by atoms with van der Waals surface area (Å²) in [5.41, 5.74) is 0. The van der Waals surface area contributed by atoms with E-state index in [0.717, 1.165) is 0 Å². The predicted octanol–water partition coefficient (Wildman–Crippen LogP) is 0.601. The molecule has 0 saturated carbocycles. The summed E-state index contributed by atoms with van der Waals surface area (Å²) in [6, 6.07) is -0.101. The second-order valence-corrected chi connectivity index (χ2v) is 4.40. The Kier molecular flexibility index (Phi) is 7.54. The third kappa shape index (κ3) is 9.45. The monoisotopic (exact) mass is 230 g/mol. The van der Waals surface area contributed by atoms with Gasteiger partial charge in [-0.1, -0.05) is 13.8 Å². The van der Waals surface area contributed by atoms with Crippen molar-refractivity contribution in [3.05, 3.63) is 0 Å². The quantitative estimate of drug-likeness (QED) is 0.570. The summed E-state index contributed by atoms with van der Waals surface area (Å²) in [6.07, 6.45) is 0.463. The third-order valence-corrected chi connectivity index (χ3v) is 2.03. The van der Waals surface area contributed by atoms with Crippen molar-refractivity contribution >= 4 is 11.9 Å². The van der Waals surface area contributed by atoms with Crippen LogP contribution in [0.25, 0.3) is 0 Å². The van der Waals surface area contributed by atoms with E-state index in [1.165, 1.54) is 0 Å². The van der Waals surface area contributed by atoms with Crippen LogP contribution in [0.5, 0.6) is 0 Å². The van der Waals surface area contributed by atoms with Gasteiger partial charge in [-0.05, 0) is 12.8 Å². The normalized spacial score (nSPS) is 12.5. The lowest BCUT2D eigenvalue weighted by Gasteiger charge is -2.11. The standard InChI is InChI=1S/C11H22N2O3/c1-8(2)7-13-10(14)4-5-12-9(3)6-11(15)16/h8-9,12H,4-7H2,1-3H3,(H,13,14)(H,15,16). The van der Waals surface area contributed by atoms with Crippen LogP contribution < -0.4 is 10.6 Å². The molecular weight excluding hydrogens is 208 g/mol. The molecule has 5 heteroatoms. The van der Waals surface area contributed by atoms with Crippen molar-refractivity contribution < 1.29 is 14.7 Å². The lowest BCUT2D eigenvalue weighted by Crippen LogP contribution is -2.34. The second-order valence-electron chi connectivity index (χ2n) is 4.40. The number of amides is 1. The second kappa shape index (κ2) is 8.10. The first-order valence-corrected chi connectivity index (χ1v) is 5.63. The predicted molar refractivity (Wildman–Crippen MR) is 62.2 cm³/mol. The smallest absolute Gasteiger partial charge is 0.304 e. The molecule has 0 aromatic carbocycles. The van der Waals surface area contributed by atoms with E-state index in [9.17, 15) is 9.59 Å². The van der Waals surface area contributed by atoms with Crippen molar-refractivity contribution in [3.63, 3.8) is 0 Å². The maximum absolute atomic E-state index is 11.3. The Morgan fingerprint density at radius 3 is 2.38 bits per heavy atom. The van der Waals surface area contributed by atoms with E-state index in [1.54, 1.807) is 6.92 Å². The molecule has 0 rings (SSSR count). The van der Waals surface area contributed by atoms with Crippen LogP contribution in [-0.4, -0.2) is 36.1 Å². The van der Waals surface area contributed by atoms with Crippen molar-refractivity contribution in [2.24, 2.45) is 5.92 Å². The number of carbonyl (C=O) groups excluding carboxylic acids is 1. The number of carbonyl (C=O) groups is 2. The minimum atomic E-state index is -0.829. The average Bonchev–Trinajstić information content (AvgIpc) is 2.13. The van der Waals surface area contributed by atoms with Crippen LogP contribution in [0, 0.1) is 5.92 Å². The Morgan fingerprint density at radius 2 is 1.88 bits per heavy atom. The fraction of sp³-hybridized carbons (Fsp3) is 0.818. The fourth-order valence-electron chi connectivity index (χ4n) is 1.17. The Bertz CT molecular complexity index is 229. The summed E-state index contributed by atoms with van der Waals surface area (Å²) in [5.74, 6) is -0.379. The Morgan fingerprint density at radius 1 is 1.25 bits per heavy atom. The number of nitrogens with one attached hydrogen (secondary N) is 2. The maximum Gasteiger partial charge on any atom is 0.304 e. The van der Waals surface area contributed by atoms with E-state index in [0.29, 0.717) is 25.4 Å². The average molecular weight is 230 g/mol. The van der Waals surface area contributed by atoms with Gasteiger partial charge in [-0.25, -0.2) is 0 Å². The Labute approximate surface area is 96.6 Å². The number of aliphatic carboxylic acids is 1. The zero-order valence-electron chi connectivity index (χ0n) is 10.2. The van der Waals surface area contributed by atoms with Gasteiger partial charge < -0.3 is 15.7 Å². The molecule has 0 spiro atoms. The van der Waals surface area contributed by atoms with Gasteiger partial charge in [0.15, 0.2) is 0 Å². The first kappa shape index (κ1) is 14.9. The first-order chi connectivity index (χ1) is 7.41. The maximum atomic E-state index is 11.3. The Hall–Kier alpha value is -1.10. The zero-order chi connectivity index (χ0) is 12.6. The molecule has 5 nitrogen and oxygen atoms in total. The van der Waals surface area contributed by atoms with Gasteiger partial charge >= 0.3 is 5.97 Å². The highest BCUT2D eigenvalue weighted by Gasteiger charge is 2.07. The Balaban J connectivity index is 3.50. The summed E-state index contributed by atoms with van der Waals surface area (Å²) in [7, 11) is 0. The molecule has 0 aromatic rings. The van der Waals surface area contributed by atoms with Gasteiger partial charge in [0.25, 0.3) is 0 Å². The minimum Gasteiger partial charge on any atom is -0.481 e. The van der Waals surface area contributed by atoms with E-state index < -0.39 is 5.97 Å². The SMILES string of the molecule is CC(C)CNC(=O)CCNC(C)CC(=O)O. The van der Waals surface area contributed by atoms with Crippen LogP contribution in [0.4, 0.5) is 0 Å². The van der Waals surface area contributed by atoms with Crippen molar-refractivity contribution in [2.45, 2.75) is 39.7 Å². The van der Waals surface area contributed by atoms with E-state index >= 15 is 0 Å². The molecule has 0 aliphatic heterocycles. The zero-order valence-corrected chi connectivity index (χ0v) is 10.2. The van der Waals surface area contributed by atoms with Crippen molar-refractivity contribution in [1.82, 2.24) is 10.6 Å². The fourth-order valence-corrected chi connectivity index (χ4v) is 1.17. The summed E-state index contributed by atoms with van der Waals surface area (Å²) >= 11 is 0. The third-order valence-electron chi connectivity index (χ3n) is 2.03. The van der Waals surface area contributed by atoms with E-state index in [4.69, 9.17) is 5.11 Å². The van der Waals surface area contributed by atoms with Gasteiger partial charge in [-0.15, -0.1) is 0 Å². The molecule has 0 fully saturated rings. The molecule has 0 aliphatic carbocycles. The van der Waals surface area contributed by atoms with Crippen LogP contribution >= 0.6 is 0 Å². The molecule has 0 aliphatic rings. The van der Waals surface area contributed by atoms with Crippen molar-refractivity contribution in [3.8, 4) is 0 Å². The number of hydrogen-bond donors (Lipinski definition) is 3. The number of carboxylic acid groups (broad SMARTS) is 1. The van der Waals surface area contributed by atoms with Gasteiger partial charge in [-0.3, -0.25) is 9.59 Å². The number of hydrogen-bond acceptors (Lipinski definition) is 3. The van der Waals surface area contributed by atoms with Crippen LogP contribution in [0.3, 0.4) is 0 Å². The molecule has 0 heterocycles. The summed E-state index contributed by atoms with van der Waals surface area (Å²) in [5, 5.41) is 14.3. The van der Waals surface area contributed by atoms with Gasteiger partial charge in [0.1, 0.15) is 0 Å². The largest absolute Gasteiger partial charge is 0.481 e. The molecule has 94 valence electrons. The summed E-state index contributed by atoms with van der Waals surface area (Å²) in [4.78, 5) is 21.6. The summed E-state index contributed by atoms with van der Waals surface area (Å²) in [6.45, 7) is 7.06. The highest BCUT2D eigenvalue weighted by atomic mass is 16.4. The van der Waals surface area contributed by atoms with Crippen LogP contribution in [-0.2, 0) is 9.59 Å². The molecular formula is C11H22N2O3. The van der Waals surface area contributed by atoms with Crippen molar-refractivity contribution in [1.29, 1.82) is 0 Å². The number of carboxylic acids is 1. The summed E-state index contributed by atoms with van der Waals surface area (Å²) < 4.78 is 0. The van der Waals surface area contributed by atoms with E-state index in [1.807, 2.05) is 13.8 Å². The van der Waals surface area contributed by atoms with Gasteiger partial charge in [-0.2, -0.15) is 0 Å². The lowest BCUT2D eigenvalue weighted by molar-refractivity contribution is -0.137. The van der Waals surface area contributed by atoms with Crippen LogP contribution in [0.1, 0.15) is 33.6 Å².